The third-order valence-electron chi connectivity index (χ3n) is 3.89. The first-order chi connectivity index (χ1) is 13.0. The number of pyridine rings is 1. The molecule has 2 aromatic heterocycles. The van der Waals surface area contributed by atoms with Crippen molar-refractivity contribution < 1.29 is 13.9 Å². The first-order valence-electron chi connectivity index (χ1n) is 8.39. The number of nitrogens with one attached hydrogen (secondary N) is 1. The Balaban J connectivity index is 1.70. The molecule has 5 nitrogen and oxygen atoms in total. The predicted octanol–water partition coefficient (Wildman–Crippen LogP) is 4.77. The average Bonchev–Trinajstić information content (AvgIpc) is 3.17. The van der Waals surface area contributed by atoms with Gasteiger partial charge in [0.05, 0.1) is 11.0 Å². The summed E-state index contributed by atoms with van der Waals surface area (Å²) in [5, 5.41) is 3.47. The highest BCUT2D eigenvalue weighted by Crippen LogP contribution is 2.33. The fourth-order valence-corrected chi connectivity index (χ4v) is 3.82. The van der Waals surface area contributed by atoms with Crippen LogP contribution in [-0.4, -0.2) is 21.3 Å². The SMILES string of the molecule is CC(C)Oc1ccc(-c2cncc3cc(/C=C4/SC(=S)NC4=O)oc23)cc1. The molecule has 3 heterocycles. The fraction of sp³-hybridized carbons (Fsp3) is 0.150. The van der Waals surface area contributed by atoms with Gasteiger partial charge in [-0.25, -0.2) is 0 Å². The van der Waals surface area contributed by atoms with Crippen LogP contribution in [-0.2, 0) is 4.79 Å². The number of rotatable bonds is 4. The van der Waals surface area contributed by atoms with Crippen molar-refractivity contribution in [1.29, 1.82) is 0 Å². The largest absolute Gasteiger partial charge is 0.491 e. The lowest BCUT2D eigenvalue weighted by Gasteiger charge is -2.10. The lowest BCUT2D eigenvalue weighted by Crippen LogP contribution is -2.17. The maximum absolute atomic E-state index is 11.8. The van der Waals surface area contributed by atoms with Gasteiger partial charge in [-0.05, 0) is 37.6 Å². The van der Waals surface area contributed by atoms with E-state index < -0.39 is 0 Å². The first kappa shape index (κ1) is 17.8. The van der Waals surface area contributed by atoms with E-state index in [2.05, 4.69) is 10.3 Å². The smallest absolute Gasteiger partial charge is 0.263 e. The number of carbonyl (C=O) groups excluding carboxylic acids is 1. The highest BCUT2D eigenvalue weighted by molar-refractivity contribution is 8.26. The molecule has 136 valence electrons. The van der Waals surface area contributed by atoms with E-state index in [4.69, 9.17) is 21.4 Å². The molecule has 1 aliphatic heterocycles. The first-order valence-corrected chi connectivity index (χ1v) is 9.61. The van der Waals surface area contributed by atoms with Crippen LogP contribution in [0.25, 0.3) is 28.2 Å². The molecule has 0 unspecified atom stereocenters. The van der Waals surface area contributed by atoms with Crippen molar-refractivity contribution in [2.75, 3.05) is 0 Å². The monoisotopic (exact) mass is 396 g/mol. The van der Waals surface area contributed by atoms with Gasteiger partial charge >= 0.3 is 0 Å². The quantitative estimate of drug-likeness (QED) is 0.506. The van der Waals surface area contributed by atoms with Crippen LogP contribution in [0.3, 0.4) is 0 Å². The van der Waals surface area contributed by atoms with E-state index in [1.165, 1.54) is 11.8 Å². The molecule has 1 aromatic carbocycles. The normalized spacial score (nSPS) is 15.7. The van der Waals surface area contributed by atoms with Crippen molar-refractivity contribution in [2.45, 2.75) is 20.0 Å². The Labute approximate surface area is 165 Å². The van der Waals surface area contributed by atoms with E-state index in [-0.39, 0.29) is 12.0 Å². The van der Waals surface area contributed by atoms with Crippen LogP contribution < -0.4 is 10.1 Å². The number of thioether (sulfide) groups is 1. The lowest BCUT2D eigenvalue weighted by molar-refractivity contribution is -0.115. The zero-order chi connectivity index (χ0) is 19.0. The van der Waals surface area contributed by atoms with Crippen LogP contribution in [0, 0.1) is 0 Å². The van der Waals surface area contributed by atoms with E-state index >= 15 is 0 Å². The van der Waals surface area contributed by atoms with Crippen LogP contribution in [0.1, 0.15) is 19.6 Å². The molecule has 1 fully saturated rings. The second-order valence-electron chi connectivity index (χ2n) is 6.30. The van der Waals surface area contributed by atoms with E-state index in [0.717, 1.165) is 27.8 Å². The van der Waals surface area contributed by atoms with Crippen molar-refractivity contribution in [1.82, 2.24) is 10.3 Å². The van der Waals surface area contributed by atoms with Gasteiger partial charge in [0.25, 0.3) is 5.91 Å². The van der Waals surface area contributed by atoms with Gasteiger partial charge in [-0.15, -0.1) is 0 Å². The van der Waals surface area contributed by atoms with Crippen molar-refractivity contribution in [3.8, 4) is 16.9 Å². The summed E-state index contributed by atoms with van der Waals surface area (Å²) in [6, 6.07) is 9.69. The molecule has 4 rings (SSSR count). The number of thiocarbonyl (C=S) groups is 1. The van der Waals surface area contributed by atoms with Gasteiger partial charge < -0.3 is 14.5 Å². The molecule has 0 radical (unpaired) electrons. The Morgan fingerprint density at radius 2 is 2.04 bits per heavy atom. The van der Waals surface area contributed by atoms with E-state index in [9.17, 15) is 4.79 Å². The zero-order valence-corrected chi connectivity index (χ0v) is 16.3. The van der Waals surface area contributed by atoms with Gasteiger partial charge in [0, 0.05) is 29.4 Å². The Bertz CT molecular complexity index is 1070. The number of furan rings is 1. The Kier molecular flexibility index (Phi) is 4.72. The molecule has 0 aliphatic carbocycles. The summed E-state index contributed by atoms with van der Waals surface area (Å²) < 4.78 is 12.2. The molecule has 1 N–H and O–H groups in total. The second kappa shape index (κ2) is 7.17. The van der Waals surface area contributed by atoms with Gasteiger partial charge in [0.2, 0.25) is 0 Å². The topological polar surface area (TPSA) is 64.4 Å². The molecule has 0 spiro atoms. The summed E-state index contributed by atoms with van der Waals surface area (Å²) in [6.07, 6.45) is 5.34. The molecular formula is C20H16N2O3S2. The van der Waals surface area contributed by atoms with Gasteiger partial charge in [-0.3, -0.25) is 9.78 Å². The third-order valence-corrected chi connectivity index (χ3v) is 5.06. The maximum atomic E-state index is 11.8. The fourth-order valence-electron chi connectivity index (χ4n) is 2.79. The van der Waals surface area contributed by atoms with Gasteiger partial charge in [0.15, 0.2) is 0 Å². The van der Waals surface area contributed by atoms with Crippen LogP contribution in [0.4, 0.5) is 0 Å². The molecule has 0 bridgehead atoms. The Morgan fingerprint density at radius 3 is 2.70 bits per heavy atom. The molecule has 7 heteroatoms. The van der Waals surface area contributed by atoms with Crippen molar-refractivity contribution in [3.05, 3.63) is 53.4 Å². The Hall–Kier alpha value is -2.64. The molecule has 1 amide bonds. The molecule has 1 saturated heterocycles. The third kappa shape index (κ3) is 3.74. The maximum Gasteiger partial charge on any atom is 0.263 e. The van der Waals surface area contributed by atoms with Crippen LogP contribution in [0.2, 0.25) is 0 Å². The summed E-state index contributed by atoms with van der Waals surface area (Å²) in [7, 11) is 0. The predicted molar refractivity (Wildman–Crippen MR) is 112 cm³/mol. The zero-order valence-electron chi connectivity index (χ0n) is 14.7. The van der Waals surface area contributed by atoms with E-state index in [0.29, 0.717) is 15.0 Å². The molecule has 0 saturated carbocycles. The highest BCUT2D eigenvalue weighted by atomic mass is 32.2. The van der Waals surface area contributed by atoms with Gasteiger partial charge in [-0.2, -0.15) is 0 Å². The van der Waals surface area contributed by atoms with Gasteiger partial charge in [-0.1, -0.05) is 36.1 Å². The molecule has 1 aliphatic rings. The number of ether oxygens (including phenoxy) is 1. The summed E-state index contributed by atoms with van der Waals surface area (Å²) in [5.41, 5.74) is 2.58. The number of amides is 1. The highest BCUT2D eigenvalue weighted by Gasteiger charge is 2.22. The lowest BCUT2D eigenvalue weighted by atomic mass is 10.1. The number of aromatic nitrogens is 1. The standard InChI is InChI=1S/C20H16N2O3S2/c1-11(2)24-14-5-3-12(4-6-14)16-10-21-9-13-7-15(25-18(13)16)8-17-19(23)22-20(26)27-17/h3-11H,1-2H3,(H,22,23,26)/b17-8+. The molecule has 0 atom stereocenters. The number of hydrogen-bond acceptors (Lipinski definition) is 6. The summed E-state index contributed by atoms with van der Waals surface area (Å²) in [5.74, 6) is 1.20. The molecule has 27 heavy (non-hydrogen) atoms. The average molecular weight is 396 g/mol. The Morgan fingerprint density at radius 1 is 1.26 bits per heavy atom. The number of benzene rings is 1. The van der Waals surface area contributed by atoms with Gasteiger partial charge in [0.1, 0.15) is 21.4 Å². The number of fused-ring (bicyclic) bond motifs is 1. The minimum absolute atomic E-state index is 0.125. The van der Waals surface area contributed by atoms with Crippen LogP contribution >= 0.6 is 24.0 Å². The van der Waals surface area contributed by atoms with Crippen molar-refractivity contribution in [2.24, 2.45) is 0 Å². The second-order valence-corrected chi connectivity index (χ2v) is 8.02. The molecular weight excluding hydrogens is 380 g/mol. The summed E-state index contributed by atoms with van der Waals surface area (Å²) in [4.78, 5) is 16.7. The number of nitrogens with zero attached hydrogens (tertiary/aromatic N) is 1. The van der Waals surface area contributed by atoms with E-state index in [1.54, 1.807) is 18.5 Å². The van der Waals surface area contributed by atoms with Crippen LogP contribution in [0.5, 0.6) is 5.75 Å². The minimum atomic E-state index is -0.204. The summed E-state index contributed by atoms with van der Waals surface area (Å²) >= 11 is 6.24. The minimum Gasteiger partial charge on any atom is -0.491 e. The number of hydrogen-bond donors (Lipinski definition) is 1. The van der Waals surface area contributed by atoms with E-state index in [1.807, 2.05) is 44.2 Å². The summed E-state index contributed by atoms with van der Waals surface area (Å²) in [6.45, 7) is 3.99. The van der Waals surface area contributed by atoms with Crippen molar-refractivity contribution >= 4 is 51.3 Å². The van der Waals surface area contributed by atoms with Crippen molar-refractivity contribution in [3.63, 3.8) is 0 Å². The molecule has 3 aromatic rings. The van der Waals surface area contributed by atoms with Crippen LogP contribution in [0.15, 0.2) is 52.0 Å². The number of carbonyl (C=O) groups is 1.